The standard InChI is InChI=1S/C20H17ClN6O2/c21-14-4-1-3-12(7-14)17-18-16(19(22)25-11-24-18)15(9-23-17)29-10-13-8-26-27-5-2-6-28-20(13)27/h1,3-4,7-9,11H,2,5-6,10H2,(H2,22,24,25). The van der Waals surface area contributed by atoms with E-state index < -0.39 is 0 Å². The fraction of sp³-hybridized carbons (Fsp3) is 0.200. The molecule has 5 rings (SSSR count). The molecule has 0 saturated heterocycles. The van der Waals surface area contributed by atoms with Gasteiger partial charge in [0.1, 0.15) is 24.3 Å². The van der Waals surface area contributed by atoms with Crippen LogP contribution in [0.15, 0.2) is 43.0 Å². The van der Waals surface area contributed by atoms with Gasteiger partial charge in [0, 0.05) is 23.6 Å². The molecule has 0 aliphatic carbocycles. The molecular weight excluding hydrogens is 392 g/mol. The van der Waals surface area contributed by atoms with Gasteiger partial charge in [-0.2, -0.15) is 5.10 Å². The van der Waals surface area contributed by atoms with Gasteiger partial charge in [0.15, 0.2) is 5.75 Å². The topological polar surface area (TPSA) is 101 Å². The molecule has 0 bridgehead atoms. The summed E-state index contributed by atoms with van der Waals surface area (Å²) in [6, 6.07) is 7.42. The molecule has 0 spiro atoms. The van der Waals surface area contributed by atoms with E-state index in [2.05, 4.69) is 20.1 Å². The molecule has 0 amide bonds. The van der Waals surface area contributed by atoms with Gasteiger partial charge in [0.25, 0.3) is 0 Å². The number of aromatic nitrogens is 5. The Kier molecular flexibility index (Phi) is 4.40. The van der Waals surface area contributed by atoms with E-state index in [4.69, 9.17) is 26.8 Å². The fourth-order valence-corrected chi connectivity index (χ4v) is 3.59. The number of benzene rings is 1. The molecule has 1 aliphatic heterocycles. The molecule has 3 aromatic heterocycles. The van der Waals surface area contributed by atoms with E-state index in [0.29, 0.717) is 39.8 Å². The lowest BCUT2D eigenvalue weighted by Gasteiger charge is -2.16. The summed E-state index contributed by atoms with van der Waals surface area (Å²) < 4.78 is 13.6. The zero-order chi connectivity index (χ0) is 19.8. The normalized spacial score (nSPS) is 13.1. The Morgan fingerprint density at radius 1 is 1.21 bits per heavy atom. The number of hydrogen-bond donors (Lipinski definition) is 1. The average molecular weight is 409 g/mol. The molecule has 146 valence electrons. The molecule has 1 aliphatic rings. The second-order valence-electron chi connectivity index (χ2n) is 6.65. The number of aryl methyl sites for hydroxylation is 1. The summed E-state index contributed by atoms with van der Waals surface area (Å²) in [5.41, 5.74) is 9.14. The van der Waals surface area contributed by atoms with Gasteiger partial charge < -0.3 is 15.2 Å². The number of nitrogens with zero attached hydrogens (tertiary/aromatic N) is 5. The first kappa shape index (κ1) is 17.7. The lowest BCUT2D eigenvalue weighted by Crippen LogP contribution is -2.15. The third kappa shape index (κ3) is 3.21. The Balaban J connectivity index is 1.53. The van der Waals surface area contributed by atoms with Gasteiger partial charge in [-0.15, -0.1) is 0 Å². The van der Waals surface area contributed by atoms with Crippen LogP contribution < -0.4 is 15.2 Å². The number of hydrogen-bond acceptors (Lipinski definition) is 7. The van der Waals surface area contributed by atoms with Crippen LogP contribution in [-0.2, 0) is 13.2 Å². The summed E-state index contributed by atoms with van der Waals surface area (Å²) in [6.07, 6.45) is 5.76. The Hall–Kier alpha value is -3.39. The molecule has 0 fully saturated rings. The summed E-state index contributed by atoms with van der Waals surface area (Å²) >= 11 is 6.14. The van der Waals surface area contributed by atoms with Gasteiger partial charge >= 0.3 is 0 Å². The second kappa shape index (κ2) is 7.21. The van der Waals surface area contributed by atoms with E-state index in [1.807, 2.05) is 28.9 Å². The lowest BCUT2D eigenvalue weighted by atomic mass is 10.1. The van der Waals surface area contributed by atoms with Crippen LogP contribution in [0.4, 0.5) is 5.82 Å². The molecule has 0 unspecified atom stereocenters. The quantitative estimate of drug-likeness (QED) is 0.551. The molecule has 0 atom stereocenters. The molecule has 0 saturated carbocycles. The van der Waals surface area contributed by atoms with Gasteiger partial charge in [0.05, 0.1) is 35.6 Å². The van der Waals surface area contributed by atoms with E-state index in [1.165, 1.54) is 6.33 Å². The summed E-state index contributed by atoms with van der Waals surface area (Å²) in [7, 11) is 0. The van der Waals surface area contributed by atoms with Gasteiger partial charge in [-0.1, -0.05) is 23.7 Å². The largest absolute Gasteiger partial charge is 0.486 e. The van der Waals surface area contributed by atoms with Crippen molar-refractivity contribution in [1.82, 2.24) is 24.7 Å². The smallest absolute Gasteiger partial charge is 0.218 e. The zero-order valence-electron chi connectivity index (χ0n) is 15.4. The van der Waals surface area contributed by atoms with Crippen molar-refractivity contribution in [2.24, 2.45) is 0 Å². The van der Waals surface area contributed by atoms with Crippen molar-refractivity contribution >= 4 is 28.3 Å². The van der Waals surface area contributed by atoms with Crippen molar-refractivity contribution in [2.75, 3.05) is 12.3 Å². The highest BCUT2D eigenvalue weighted by Gasteiger charge is 2.19. The number of halogens is 1. The molecule has 0 radical (unpaired) electrons. The van der Waals surface area contributed by atoms with Crippen molar-refractivity contribution < 1.29 is 9.47 Å². The predicted octanol–water partition coefficient (Wildman–Crippen LogP) is 3.49. The predicted molar refractivity (Wildman–Crippen MR) is 109 cm³/mol. The summed E-state index contributed by atoms with van der Waals surface area (Å²) in [5, 5.41) is 5.57. The lowest BCUT2D eigenvalue weighted by molar-refractivity contribution is 0.220. The fourth-order valence-electron chi connectivity index (χ4n) is 3.40. The number of nitrogens with two attached hydrogens (primary N) is 1. The highest BCUT2D eigenvalue weighted by atomic mass is 35.5. The highest BCUT2D eigenvalue weighted by molar-refractivity contribution is 6.30. The van der Waals surface area contributed by atoms with Crippen molar-refractivity contribution in [3.05, 3.63) is 53.6 Å². The Labute approximate surface area is 171 Å². The minimum atomic E-state index is 0.275. The molecule has 29 heavy (non-hydrogen) atoms. The van der Waals surface area contributed by atoms with Crippen molar-refractivity contribution in [2.45, 2.75) is 19.6 Å². The Morgan fingerprint density at radius 2 is 2.14 bits per heavy atom. The number of pyridine rings is 1. The van der Waals surface area contributed by atoms with Gasteiger partial charge in [-0.25, -0.2) is 14.6 Å². The van der Waals surface area contributed by atoms with Crippen molar-refractivity contribution in [1.29, 1.82) is 0 Å². The summed E-state index contributed by atoms with van der Waals surface area (Å²) in [5.74, 6) is 1.57. The molecule has 4 heterocycles. The third-order valence-electron chi connectivity index (χ3n) is 4.75. The van der Waals surface area contributed by atoms with Crippen LogP contribution in [0.25, 0.3) is 22.2 Å². The Bertz CT molecular complexity index is 1210. The number of nitrogen functional groups attached to an aromatic ring is 1. The molecule has 2 N–H and O–H groups in total. The molecule has 9 heteroatoms. The number of anilines is 1. The van der Waals surface area contributed by atoms with Gasteiger partial charge in [-0.3, -0.25) is 4.98 Å². The van der Waals surface area contributed by atoms with Crippen LogP contribution in [0.5, 0.6) is 11.6 Å². The van der Waals surface area contributed by atoms with Crippen LogP contribution in [-0.4, -0.2) is 31.3 Å². The van der Waals surface area contributed by atoms with Crippen molar-refractivity contribution in [3.63, 3.8) is 0 Å². The van der Waals surface area contributed by atoms with Gasteiger partial charge in [-0.05, 0) is 12.1 Å². The van der Waals surface area contributed by atoms with E-state index in [-0.39, 0.29) is 6.61 Å². The maximum atomic E-state index is 6.17. The van der Waals surface area contributed by atoms with E-state index in [1.54, 1.807) is 12.4 Å². The van der Waals surface area contributed by atoms with Crippen molar-refractivity contribution in [3.8, 4) is 22.9 Å². The molecule has 4 aromatic rings. The van der Waals surface area contributed by atoms with E-state index >= 15 is 0 Å². The third-order valence-corrected chi connectivity index (χ3v) is 4.99. The van der Waals surface area contributed by atoms with Crippen LogP contribution in [0.3, 0.4) is 0 Å². The molecule has 1 aromatic carbocycles. The molecule has 8 nitrogen and oxygen atoms in total. The van der Waals surface area contributed by atoms with Crippen LogP contribution in [0.2, 0.25) is 5.02 Å². The van der Waals surface area contributed by atoms with Crippen LogP contribution in [0, 0.1) is 0 Å². The summed E-state index contributed by atoms with van der Waals surface area (Å²) in [6.45, 7) is 1.80. The number of ether oxygens (including phenoxy) is 2. The zero-order valence-corrected chi connectivity index (χ0v) is 16.1. The first-order valence-electron chi connectivity index (χ1n) is 9.16. The average Bonchev–Trinajstić information content (AvgIpc) is 3.15. The maximum Gasteiger partial charge on any atom is 0.218 e. The first-order chi connectivity index (χ1) is 14.2. The SMILES string of the molecule is Nc1ncnc2c(-c3cccc(Cl)c3)ncc(OCc3cnn4c3OCCC4)c12. The monoisotopic (exact) mass is 408 g/mol. The minimum absolute atomic E-state index is 0.275. The molecular formula is C20H17ClN6O2. The van der Waals surface area contributed by atoms with Crippen LogP contribution in [0.1, 0.15) is 12.0 Å². The second-order valence-corrected chi connectivity index (χ2v) is 7.09. The first-order valence-corrected chi connectivity index (χ1v) is 9.54. The number of fused-ring (bicyclic) bond motifs is 2. The maximum absolute atomic E-state index is 6.17. The highest BCUT2D eigenvalue weighted by Crippen LogP contribution is 2.35. The van der Waals surface area contributed by atoms with Gasteiger partial charge in [0.2, 0.25) is 5.88 Å². The Morgan fingerprint density at radius 3 is 3.03 bits per heavy atom. The van der Waals surface area contributed by atoms with E-state index in [0.717, 1.165) is 30.0 Å². The van der Waals surface area contributed by atoms with E-state index in [9.17, 15) is 0 Å². The minimum Gasteiger partial charge on any atom is -0.486 e. The van der Waals surface area contributed by atoms with Crippen LogP contribution >= 0.6 is 11.6 Å². The number of rotatable bonds is 4. The summed E-state index contributed by atoms with van der Waals surface area (Å²) in [4.78, 5) is 13.1.